The molecule has 8 atom stereocenters. The molecule has 3 saturated heterocycles. The summed E-state index contributed by atoms with van der Waals surface area (Å²) in [7, 11) is 0. The van der Waals surface area contributed by atoms with Crippen LogP contribution >= 0.6 is 0 Å². The normalized spacial score (nSPS) is 55.3. The number of allylic oxidation sites excluding steroid dienone is 1. The van der Waals surface area contributed by atoms with Gasteiger partial charge >= 0.3 is 0 Å². The van der Waals surface area contributed by atoms with E-state index in [0.717, 1.165) is 24.8 Å². The van der Waals surface area contributed by atoms with Gasteiger partial charge in [0.05, 0.1) is 6.61 Å². The van der Waals surface area contributed by atoms with Gasteiger partial charge in [0.25, 0.3) is 0 Å². The molecule has 3 aliphatic carbocycles. The van der Waals surface area contributed by atoms with Crippen molar-refractivity contribution in [2.75, 3.05) is 6.61 Å². The van der Waals surface area contributed by atoms with Gasteiger partial charge in [0.1, 0.15) is 12.2 Å². The van der Waals surface area contributed by atoms with Gasteiger partial charge in [-0.05, 0) is 45.4 Å². The molecule has 2 bridgehead atoms. The highest BCUT2D eigenvalue weighted by molar-refractivity contribution is 5.34. The molecule has 0 radical (unpaired) electrons. The maximum Gasteiger partial charge on any atom is 0.230 e. The molecule has 3 aliphatic heterocycles. The Morgan fingerprint density at radius 3 is 2.57 bits per heavy atom. The Kier molecular flexibility index (Phi) is 3.65. The van der Waals surface area contributed by atoms with E-state index in [1.165, 1.54) is 0 Å². The number of ether oxygens (including phenoxy) is 3. The Labute approximate surface area is 167 Å². The lowest BCUT2D eigenvalue weighted by Crippen LogP contribution is -2.90. The van der Waals surface area contributed by atoms with Gasteiger partial charge in [-0.25, -0.2) is 0 Å². The standard InChI is InChI=1S/C23H34O5/c1-13(2)14-8-9-15-21-11-7-10-19(3,4)16(21)17(24)23(26-12-21)22(15,25)18(14)27-20(5,6)28-23/h7,11,14-18,24-25H,1,8-10,12H2,2-6H3/t14-,15?,16?,17-,18+,21+,22-,23-/m0/s1. The molecule has 2 spiro atoms. The van der Waals surface area contributed by atoms with Crippen LogP contribution in [-0.2, 0) is 14.2 Å². The number of hydrogen-bond donors (Lipinski definition) is 2. The minimum atomic E-state index is -1.48. The first kappa shape index (κ1) is 19.3. The van der Waals surface area contributed by atoms with Crippen LogP contribution in [0.5, 0.6) is 0 Å². The Morgan fingerprint density at radius 1 is 1.18 bits per heavy atom. The summed E-state index contributed by atoms with van der Waals surface area (Å²) in [6.07, 6.45) is 5.63. The van der Waals surface area contributed by atoms with Crippen molar-refractivity contribution in [1.29, 1.82) is 0 Å². The number of hydrogen-bond acceptors (Lipinski definition) is 5. The van der Waals surface area contributed by atoms with E-state index < -0.39 is 34.8 Å². The minimum Gasteiger partial charge on any atom is -0.387 e. The summed E-state index contributed by atoms with van der Waals surface area (Å²) in [6.45, 7) is 14.7. The molecule has 0 aromatic carbocycles. The molecule has 28 heavy (non-hydrogen) atoms. The largest absolute Gasteiger partial charge is 0.387 e. The lowest BCUT2D eigenvalue weighted by Gasteiger charge is -2.76. The number of aliphatic hydroxyl groups excluding tert-OH is 1. The molecule has 0 aromatic heterocycles. The second kappa shape index (κ2) is 5.30. The Balaban J connectivity index is 1.76. The van der Waals surface area contributed by atoms with E-state index in [2.05, 4.69) is 32.6 Å². The van der Waals surface area contributed by atoms with E-state index >= 15 is 0 Å². The average molecular weight is 391 g/mol. The average Bonchev–Trinajstić information content (AvgIpc) is 2.56. The third-order valence-electron chi connectivity index (χ3n) is 8.48. The van der Waals surface area contributed by atoms with Gasteiger partial charge < -0.3 is 24.4 Å². The van der Waals surface area contributed by atoms with E-state index in [9.17, 15) is 10.2 Å². The monoisotopic (exact) mass is 390 g/mol. The first-order valence-corrected chi connectivity index (χ1v) is 10.7. The lowest BCUT2D eigenvalue weighted by molar-refractivity contribution is -0.546. The van der Waals surface area contributed by atoms with Crippen LogP contribution in [-0.4, -0.2) is 46.2 Å². The van der Waals surface area contributed by atoms with Crippen LogP contribution in [0, 0.1) is 28.6 Å². The molecular formula is C23H34O5. The van der Waals surface area contributed by atoms with Crippen molar-refractivity contribution >= 4 is 0 Å². The molecule has 2 saturated carbocycles. The van der Waals surface area contributed by atoms with E-state index in [4.69, 9.17) is 14.2 Å². The molecule has 5 heteroatoms. The van der Waals surface area contributed by atoms with Crippen LogP contribution in [0.2, 0.25) is 0 Å². The van der Waals surface area contributed by atoms with Crippen LogP contribution in [0.25, 0.3) is 0 Å². The summed E-state index contributed by atoms with van der Waals surface area (Å²) in [5.74, 6) is -2.58. The second-order valence-corrected chi connectivity index (χ2v) is 11.0. The van der Waals surface area contributed by atoms with E-state index in [1.807, 2.05) is 20.8 Å². The van der Waals surface area contributed by atoms with E-state index in [0.29, 0.717) is 6.61 Å². The summed E-state index contributed by atoms with van der Waals surface area (Å²) in [5.41, 5.74) is -0.951. The zero-order valence-corrected chi connectivity index (χ0v) is 17.7. The Morgan fingerprint density at radius 2 is 1.89 bits per heavy atom. The highest BCUT2D eigenvalue weighted by Crippen LogP contribution is 2.72. The molecule has 5 fully saturated rings. The predicted molar refractivity (Wildman–Crippen MR) is 104 cm³/mol. The van der Waals surface area contributed by atoms with Crippen molar-refractivity contribution in [2.24, 2.45) is 28.6 Å². The third kappa shape index (κ3) is 1.96. The highest BCUT2D eigenvalue weighted by Gasteiger charge is 2.84. The van der Waals surface area contributed by atoms with Gasteiger partial charge in [-0.3, -0.25) is 0 Å². The van der Waals surface area contributed by atoms with Crippen molar-refractivity contribution in [3.8, 4) is 0 Å². The number of aliphatic hydroxyl groups is 2. The molecule has 6 rings (SSSR count). The summed E-state index contributed by atoms with van der Waals surface area (Å²) in [5, 5.41) is 24.1. The fraction of sp³-hybridized carbons (Fsp3) is 0.826. The molecule has 156 valence electrons. The van der Waals surface area contributed by atoms with Gasteiger partial charge in [0, 0.05) is 23.2 Å². The molecular weight excluding hydrogens is 356 g/mol. The SMILES string of the molecule is C=C(C)[C@@H]1CCC2[C@]34C=CCC(C)(C)C3[C@H](O)[C@]3(OC4)OC(C)(C)O[C@H]1[C@@]23O. The fourth-order valence-electron chi connectivity index (χ4n) is 7.61. The summed E-state index contributed by atoms with van der Waals surface area (Å²) < 4.78 is 19.1. The third-order valence-corrected chi connectivity index (χ3v) is 8.48. The number of rotatable bonds is 1. The molecule has 0 amide bonds. The maximum absolute atomic E-state index is 12.4. The first-order chi connectivity index (χ1) is 12.9. The van der Waals surface area contributed by atoms with Crippen molar-refractivity contribution in [3.05, 3.63) is 24.3 Å². The zero-order chi connectivity index (χ0) is 20.3. The van der Waals surface area contributed by atoms with Crippen LogP contribution < -0.4 is 0 Å². The second-order valence-electron chi connectivity index (χ2n) is 11.0. The molecule has 6 aliphatic rings. The minimum absolute atomic E-state index is 0.00637. The molecule has 5 nitrogen and oxygen atoms in total. The highest BCUT2D eigenvalue weighted by atomic mass is 16.8. The Hall–Kier alpha value is -0.720. The zero-order valence-electron chi connectivity index (χ0n) is 17.7. The summed E-state index contributed by atoms with van der Waals surface area (Å²) in [6, 6.07) is 0. The van der Waals surface area contributed by atoms with Crippen LogP contribution in [0.4, 0.5) is 0 Å². The van der Waals surface area contributed by atoms with E-state index in [-0.39, 0.29) is 23.2 Å². The topological polar surface area (TPSA) is 68.2 Å². The Bertz CT molecular complexity index is 756. The van der Waals surface area contributed by atoms with Crippen molar-refractivity contribution in [1.82, 2.24) is 0 Å². The van der Waals surface area contributed by atoms with Gasteiger partial charge in [-0.2, -0.15) is 0 Å². The summed E-state index contributed by atoms with van der Waals surface area (Å²) >= 11 is 0. The maximum atomic E-state index is 12.4. The first-order valence-electron chi connectivity index (χ1n) is 10.7. The van der Waals surface area contributed by atoms with Crippen molar-refractivity contribution in [2.45, 2.75) is 83.3 Å². The summed E-state index contributed by atoms with van der Waals surface area (Å²) in [4.78, 5) is 0. The van der Waals surface area contributed by atoms with Gasteiger partial charge in [-0.1, -0.05) is 38.2 Å². The van der Waals surface area contributed by atoms with Gasteiger partial charge in [-0.15, -0.1) is 0 Å². The quantitative estimate of drug-likeness (QED) is 0.673. The number of fused-ring (bicyclic) bond motifs is 1. The van der Waals surface area contributed by atoms with Crippen LogP contribution in [0.15, 0.2) is 24.3 Å². The predicted octanol–water partition coefficient (Wildman–Crippen LogP) is 3.16. The smallest absolute Gasteiger partial charge is 0.230 e. The molecule has 0 aromatic rings. The van der Waals surface area contributed by atoms with Gasteiger partial charge in [0.2, 0.25) is 5.79 Å². The van der Waals surface area contributed by atoms with Gasteiger partial charge in [0.15, 0.2) is 11.4 Å². The molecule has 2 N–H and O–H groups in total. The molecule has 3 heterocycles. The lowest BCUT2D eigenvalue weighted by atomic mass is 9.39. The van der Waals surface area contributed by atoms with Crippen LogP contribution in [0.1, 0.15) is 53.9 Å². The molecule has 2 unspecified atom stereocenters. The van der Waals surface area contributed by atoms with Crippen molar-refractivity contribution < 1.29 is 24.4 Å². The van der Waals surface area contributed by atoms with Crippen LogP contribution in [0.3, 0.4) is 0 Å². The fourth-order valence-corrected chi connectivity index (χ4v) is 7.61. The van der Waals surface area contributed by atoms with Crippen molar-refractivity contribution in [3.63, 3.8) is 0 Å². The van der Waals surface area contributed by atoms with E-state index in [1.54, 1.807) is 0 Å².